The molecule has 0 aliphatic heterocycles. The third-order valence-corrected chi connectivity index (χ3v) is 5.33. The number of nitrogens with zero attached hydrogens (tertiary/aromatic N) is 3. The maximum Gasteiger partial charge on any atom is 0.313 e. The lowest BCUT2D eigenvalue weighted by molar-refractivity contribution is -0.133. The van der Waals surface area contributed by atoms with Crippen molar-refractivity contribution in [1.82, 2.24) is 14.8 Å². The first kappa shape index (κ1) is 19.0. The van der Waals surface area contributed by atoms with Crippen LogP contribution in [0.25, 0.3) is 17.1 Å². The predicted octanol–water partition coefficient (Wildman–Crippen LogP) is 1.90. The summed E-state index contributed by atoms with van der Waals surface area (Å²) in [6.45, 7) is 0. The van der Waals surface area contributed by atoms with Crippen molar-refractivity contribution in [3.8, 4) is 17.1 Å². The number of rotatable bonds is 6. The molecule has 3 rings (SSSR count). The van der Waals surface area contributed by atoms with Gasteiger partial charge in [0.25, 0.3) is 0 Å². The molecule has 0 radical (unpaired) electrons. The number of thioether (sulfide) groups is 1. The molecule has 1 aromatic heterocycles. The highest BCUT2D eigenvalue weighted by Gasteiger charge is 2.18. The second-order valence-corrected chi connectivity index (χ2v) is 7.87. The summed E-state index contributed by atoms with van der Waals surface area (Å²) in [6, 6.07) is 11.2. The van der Waals surface area contributed by atoms with Crippen molar-refractivity contribution >= 4 is 27.8 Å². The molecule has 0 unspecified atom stereocenters. The van der Waals surface area contributed by atoms with Crippen molar-refractivity contribution in [2.75, 3.05) is 5.75 Å². The highest BCUT2D eigenvalue weighted by molar-refractivity contribution is 7.99. The van der Waals surface area contributed by atoms with Gasteiger partial charge in [-0.05, 0) is 48.5 Å². The van der Waals surface area contributed by atoms with Crippen LogP contribution in [0.5, 0.6) is 0 Å². The number of carboxylic acid groups (broad SMARTS) is 1. The Morgan fingerprint density at radius 1 is 1.11 bits per heavy atom. The summed E-state index contributed by atoms with van der Waals surface area (Å²) in [5.74, 6) is -1.33. The Balaban J connectivity index is 2.11. The van der Waals surface area contributed by atoms with Crippen molar-refractivity contribution in [3.63, 3.8) is 0 Å². The number of aliphatic carboxylic acids is 1. The molecular formula is C16H13FN4O4S2. The quantitative estimate of drug-likeness (QED) is 0.596. The standard InChI is InChI=1S/C16H13FN4O4S2/c17-11-3-1-10(2-4-11)15-19-20-16(26-9-14(22)23)21(15)12-5-7-13(8-6-12)27(18,24)25/h1-8H,9H2,(H,22,23)(H2,18,24,25). The minimum absolute atomic E-state index is 0.0672. The van der Waals surface area contributed by atoms with Gasteiger partial charge >= 0.3 is 5.97 Å². The Morgan fingerprint density at radius 3 is 2.30 bits per heavy atom. The second-order valence-electron chi connectivity index (χ2n) is 5.37. The van der Waals surface area contributed by atoms with Crippen LogP contribution in [-0.4, -0.2) is 40.0 Å². The van der Waals surface area contributed by atoms with E-state index in [1.165, 1.54) is 48.5 Å². The van der Waals surface area contributed by atoms with Crippen molar-refractivity contribution in [1.29, 1.82) is 0 Å². The van der Waals surface area contributed by atoms with E-state index in [4.69, 9.17) is 10.2 Å². The zero-order valence-electron chi connectivity index (χ0n) is 13.6. The molecule has 11 heteroatoms. The second kappa shape index (κ2) is 7.47. The van der Waals surface area contributed by atoms with Gasteiger partial charge in [0.05, 0.1) is 10.6 Å². The maximum absolute atomic E-state index is 13.2. The van der Waals surface area contributed by atoms with Crippen LogP contribution < -0.4 is 5.14 Å². The number of benzene rings is 2. The summed E-state index contributed by atoms with van der Waals surface area (Å²) >= 11 is 0.951. The minimum Gasteiger partial charge on any atom is -0.481 e. The Kier molecular flexibility index (Phi) is 5.26. The van der Waals surface area contributed by atoms with E-state index in [2.05, 4.69) is 10.2 Å². The van der Waals surface area contributed by atoms with Crippen molar-refractivity contribution in [3.05, 3.63) is 54.3 Å². The molecule has 0 saturated heterocycles. The summed E-state index contributed by atoms with van der Waals surface area (Å²) in [5.41, 5.74) is 1.06. The summed E-state index contributed by atoms with van der Waals surface area (Å²) < 4.78 is 37.7. The van der Waals surface area contributed by atoms with E-state index in [0.29, 0.717) is 22.2 Å². The lowest BCUT2D eigenvalue weighted by Crippen LogP contribution is -2.12. The number of nitrogens with two attached hydrogens (primary N) is 1. The number of hydrogen-bond donors (Lipinski definition) is 2. The summed E-state index contributed by atoms with van der Waals surface area (Å²) in [7, 11) is -3.85. The number of aromatic nitrogens is 3. The Hall–Kier alpha value is -2.76. The van der Waals surface area contributed by atoms with Gasteiger partial charge in [-0.15, -0.1) is 10.2 Å². The maximum atomic E-state index is 13.2. The number of halogens is 1. The van der Waals surface area contributed by atoms with Crippen molar-refractivity contribution in [2.24, 2.45) is 5.14 Å². The topological polar surface area (TPSA) is 128 Å². The van der Waals surface area contributed by atoms with E-state index in [1.807, 2.05) is 0 Å². The largest absolute Gasteiger partial charge is 0.481 e. The SMILES string of the molecule is NS(=O)(=O)c1ccc(-n2c(SCC(=O)O)nnc2-c2ccc(F)cc2)cc1. The monoisotopic (exact) mass is 408 g/mol. The summed E-state index contributed by atoms with van der Waals surface area (Å²) in [6.07, 6.45) is 0. The van der Waals surface area contributed by atoms with Crippen LogP contribution in [-0.2, 0) is 14.8 Å². The Morgan fingerprint density at radius 2 is 1.74 bits per heavy atom. The number of primary sulfonamides is 1. The van der Waals surface area contributed by atoms with E-state index in [-0.39, 0.29) is 10.6 Å². The minimum atomic E-state index is -3.85. The Bertz CT molecular complexity index is 1080. The van der Waals surface area contributed by atoms with Crippen molar-refractivity contribution < 1.29 is 22.7 Å². The molecule has 0 amide bonds. The van der Waals surface area contributed by atoms with Gasteiger partial charge in [-0.2, -0.15) is 0 Å². The fourth-order valence-electron chi connectivity index (χ4n) is 2.29. The molecular weight excluding hydrogens is 395 g/mol. The van der Waals surface area contributed by atoms with Crippen LogP contribution in [0.4, 0.5) is 4.39 Å². The van der Waals surface area contributed by atoms with E-state index < -0.39 is 21.8 Å². The average Bonchev–Trinajstić information content (AvgIpc) is 3.04. The molecule has 0 spiro atoms. The van der Waals surface area contributed by atoms with Crippen LogP contribution in [0.15, 0.2) is 58.6 Å². The van der Waals surface area contributed by atoms with E-state index in [1.54, 1.807) is 4.57 Å². The van der Waals surface area contributed by atoms with Gasteiger partial charge < -0.3 is 5.11 Å². The fraction of sp³-hybridized carbons (Fsp3) is 0.0625. The van der Waals surface area contributed by atoms with Gasteiger partial charge in [-0.25, -0.2) is 17.9 Å². The van der Waals surface area contributed by atoms with Crippen molar-refractivity contribution in [2.45, 2.75) is 10.1 Å². The number of sulfonamides is 1. The van der Waals surface area contributed by atoms with E-state index in [0.717, 1.165) is 11.8 Å². The number of carbonyl (C=O) groups is 1. The molecule has 0 fully saturated rings. The highest BCUT2D eigenvalue weighted by Crippen LogP contribution is 2.28. The number of carboxylic acids is 1. The third-order valence-electron chi connectivity index (χ3n) is 3.48. The third kappa shape index (κ3) is 4.32. The zero-order valence-corrected chi connectivity index (χ0v) is 15.2. The molecule has 0 atom stereocenters. The molecule has 140 valence electrons. The molecule has 27 heavy (non-hydrogen) atoms. The van der Waals surface area contributed by atoms with Crippen LogP contribution in [0.2, 0.25) is 0 Å². The molecule has 0 bridgehead atoms. The van der Waals surface area contributed by atoms with Gasteiger partial charge in [-0.3, -0.25) is 9.36 Å². The number of hydrogen-bond acceptors (Lipinski definition) is 6. The first-order valence-corrected chi connectivity index (χ1v) is 9.98. The smallest absolute Gasteiger partial charge is 0.313 e. The molecule has 0 saturated carbocycles. The van der Waals surface area contributed by atoms with E-state index in [9.17, 15) is 17.6 Å². The first-order valence-electron chi connectivity index (χ1n) is 7.45. The van der Waals surface area contributed by atoms with Gasteiger partial charge in [0.1, 0.15) is 5.82 Å². The van der Waals surface area contributed by atoms with Crippen LogP contribution in [0.3, 0.4) is 0 Å². The summed E-state index contributed by atoms with van der Waals surface area (Å²) in [5, 5.41) is 22.4. The van der Waals surface area contributed by atoms with E-state index >= 15 is 0 Å². The van der Waals surface area contributed by atoms with Gasteiger partial charge in [0, 0.05) is 11.3 Å². The molecule has 3 N–H and O–H groups in total. The lowest BCUT2D eigenvalue weighted by Gasteiger charge is -2.10. The van der Waals surface area contributed by atoms with Gasteiger partial charge in [0.15, 0.2) is 11.0 Å². The van der Waals surface area contributed by atoms with Crippen LogP contribution >= 0.6 is 11.8 Å². The normalized spacial score (nSPS) is 11.5. The van der Waals surface area contributed by atoms with Crippen LogP contribution in [0, 0.1) is 5.82 Å². The highest BCUT2D eigenvalue weighted by atomic mass is 32.2. The lowest BCUT2D eigenvalue weighted by atomic mass is 10.2. The Labute approximate surface area is 157 Å². The molecule has 8 nitrogen and oxygen atoms in total. The molecule has 0 aliphatic carbocycles. The first-order chi connectivity index (χ1) is 12.8. The van der Waals surface area contributed by atoms with Crippen LogP contribution in [0.1, 0.15) is 0 Å². The summed E-state index contributed by atoms with van der Waals surface area (Å²) in [4.78, 5) is 10.8. The zero-order chi connectivity index (χ0) is 19.6. The van der Waals surface area contributed by atoms with Gasteiger partial charge in [0.2, 0.25) is 10.0 Å². The van der Waals surface area contributed by atoms with Gasteiger partial charge in [-0.1, -0.05) is 11.8 Å². The molecule has 3 aromatic rings. The average molecular weight is 408 g/mol. The molecule has 0 aliphatic rings. The molecule has 1 heterocycles. The molecule has 2 aromatic carbocycles. The fourth-order valence-corrected chi connectivity index (χ4v) is 3.48. The predicted molar refractivity (Wildman–Crippen MR) is 96.5 cm³/mol.